The Bertz CT molecular complexity index is 398. The molecule has 0 saturated heterocycles. The minimum absolute atomic E-state index is 0.319. The van der Waals surface area contributed by atoms with Crippen LogP contribution in [0.3, 0.4) is 0 Å². The van der Waals surface area contributed by atoms with E-state index >= 15 is 0 Å². The molecular formula is C13H21N3O2. The van der Waals surface area contributed by atoms with E-state index in [4.69, 9.17) is 15.2 Å². The lowest BCUT2D eigenvalue weighted by molar-refractivity contribution is 0.173. The van der Waals surface area contributed by atoms with Crippen molar-refractivity contribution in [2.45, 2.75) is 32.6 Å². The van der Waals surface area contributed by atoms with Crippen LogP contribution < -0.4 is 15.2 Å². The molecule has 1 aliphatic rings. The zero-order valence-corrected chi connectivity index (χ0v) is 11.1. The molecule has 0 aliphatic heterocycles. The highest BCUT2D eigenvalue weighted by atomic mass is 16.5. The Labute approximate surface area is 108 Å². The molecule has 1 fully saturated rings. The first kappa shape index (κ1) is 12.9. The Morgan fingerprint density at radius 2 is 2.22 bits per heavy atom. The number of anilines is 1. The number of ether oxygens (including phenoxy) is 2. The summed E-state index contributed by atoms with van der Waals surface area (Å²) in [4.78, 5) is 7.95. The number of hydrogen-bond acceptors (Lipinski definition) is 5. The fourth-order valence-electron chi connectivity index (χ4n) is 2.57. The molecule has 2 rings (SSSR count). The second kappa shape index (κ2) is 5.89. The average molecular weight is 251 g/mol. The molecule has 2 unspecified atom stereocenters. The number of nitrogens with two attached hydrogens (primary N) is 1. The number of methoxy groups -OCH3 is 1. The molecule has 1 heterocycles. The van der Waals surface area contributed by atoms with Crippen LogP contribution in [0.1, 0.15) is 32.6 Å². The number of nitrogens with zero attached hydrogens (tertiary/aromatic N) is 2. The van der Waals surface area contributed by atoms with E-state index in [0.717, 1.165) is 5.92 Å². The molecule has 1 aliphatic carbocycles. The third-order valence-corrected chi connectivity index (χ3v) is 3.50. The van der Waals surface area contributed by atoms with E-state index in [1.165, 1.54) is 32.0 Å². The average Bonchev–Trinajstić information content (AvgIpc) is 2.36. The van der Waals surface area contributed by atoms with E-state index in [1.807, 2.05) is 0 Å². The van der Waals surface area contributed by atoms with Gasteiger partial charge >= 0.3 is 0 Å². The molecule has 1 aromatic heterocycles. The fourth-order valence-corrected chi connectivity index (χ4v) is 2.57. The Morgan fingerprint density at radius 3 is 2.94 bits per heavy atom. The molecule has 5 nitrogen and oxygen atoms in total. The highest BCUT2D eigenvalue weighted by Gasteiger charge is 2.20. The molecular weight excluding hydrogens is 230 g/mol. The van der Waals surface area contributed by atoms with Crippen LogP contribution in [-0.2, 0) is 0 Å². The molecule has 2 atom stereocenters. The maximum absolute atomic E-state index is 5.74. The third kappa shape index (κ3) is 3.03. The smallest absolute Gasteiger partial charge is 0.262 e. The molecule has 1 saturated carbocycles. The molecule has 0 radical (unpaired) electrons. The second-order valence-corrected chi connectivity index (χ2v) is 5.05. The van der Waals surface area contributed by atoms with Gasteiger partial charge in [0.15, 0.2) is 5.82 Å². The van der Waals surface area contributed by atoms with Crippen molar-refractivity contribution in [3.8, 4) is 11.6 Å². The summed E-state index contributed by atoms with van der Waals surface area (Å²) in [6.45, 7) is 2.98. The molecule has 0 amide bonds. The summed E-state index contributed by atoms with van der Waals surface area (Å²) in [6, 6.07) is 0. The van der Waals surface area contributed by atoms with E-state index in [9.17, 15) is 0 Å². The maximum Gasteiger partial charge on any atom is 0.262 e. The van der Waals surface area contributed by atoms with Crippen molar-refractivity contribution in [2.75, 3.05) is 19.5 Å². The number of rotatable bonds is 4. The van der Waals surface area contributed by atoms with Gasteiger partial charge in [-0.15, -0.1) is 0 Å². The van der Waals surface area contributed by atoms with Gasteiger partial charge in [-0.1, -0.05) is 19.8 Å². The first-order chi connectivity index (χ1) is 8.70. The van der Waals surface area contributed by atoms with Gasteiger partial charge in [-0.2, -0.15) is 4.98 Å². The van der Waals surface area contributed by atoms with Crippen LogP contribution in [0.4, 0.5) is 5.82 Å². The van der Waals surface area contributed by atoms with Gasteiger partial charge in [0, 0.05) is 0 Å². The van der Waals surface area contributed by atoms with Gasteiger partial charge in [0.1, 0.15) is 6.33 Å². The Balaban J connectivity index is 1.95. The Hall–Kier alpha value is -1.52. The van der Waals surface area contributed by atoms with Crippen molar-refractivity contribution in [1.29, 1.82) is 0 Å². The Kier molecular flexibility index (Phi) is 4.23. The molecule has 2 N–H and O–H groups in total. The summed E-state index contributed by atoms with van der Waals surface area (Å²) in [7, 11) is 1.55. The standard InChI is InChI=1S/C13H21N3O2/c1-9-4-3-5-10(6-9)7-18-13-11(17-2)12(14)15-8-16-13/h8-10H,3-7H2,1-2H3,(H2,14,15,16). The first-order valence-corrected chi connectivity index (χ1v) is 6.48. The summed E-state index contributed by atoms with van der Waals surface area (Å²) in [6.07, 6.45) is 6.48. The number of nitrogen functional groups attached to an aromatic ring is 1. The molecule has 100 valence electrons. The minimum Gasteiger partial charge on any atom is -0.489 e. The van der Waals surface area contributed by atoms with Crippen LogP contribution in [0.5, 0.6) is 11.6 Å². The number of hydrogen-bond donors (Lipinski definition) is 1. The molecule has 0 bridgehead atoms. The maximum atomic E-state index is 5.74. The van der Waals surface area contributed by atoms with E-state index in [0.29, 0.717) is 30.0 Å². The van der Waals surface area contributed by atoms with E-state index < -0.39 is 0 Å². The summed E-state index contributed by atoms with van der Waals surface area (Å²) in [5, 5.41) is 0. The van der Waals surface area contributed by atoms with Gasteiger partial charge < -0.3 is 15.2 Å². The Morgan fingerprint density at radius 1 is 1.39 bits per heavy atom. The molecule has 5 heteroatoms. The van der Waals surface area contributed by atoms with Crippen LogP contribution >= 0.6 is 0 Å². The van der Waals surface area contributed by atoms with Gasteiger partial charge in [0.25, 0.3) is 5.88 Å². The quantitative estimate of drug-likeness (QED) is 0.889. The zero-order chi connectivity index (χ0) is 13.0. The van der Waals surface area contributed by atoms with Gasteiger partial charge in [-0.3, -0.25) is 0 Å². The monoisotopic (exact) mass is 251 g/mol. The van der Waals surface area contributed by atoms with Crippen LogP contribution in [0, 0.1) is 11.8 Å². The highest BCUT2D eigenvalue weighted by Crippen LogP contribution is 2.32. The van der Waals surface area contributed by atoms with Gasteiger partial charge in [-0.05, 0) is 24.7 Å². The lowest BCUT2D eigenvalue weighted by Gasteiger charge is -2.26. The van der Waals surface area contributed by atoms with Crippen LogP contribution in [0.25, 0.3) is 0 Å². The van der Waals surface area contributed by atoms with Crippen LogP contribution in [-0.4, -0.2) is 23.7 Å². The predicted molar refractivity (Wildman–Crippen MR) is 69.6 cm³/mol. The van der Waals surface area contributed by atoms with Crippen LogP contribution in [0.2, 0.25) is 0 Å². The van der Waals surface area contributed by atoms with Crippen molar-refractivity contribution in [3.63, 3.8) is 0 Å². The summed E-state index contributed by atoms with van der Waals surface area (Å²) < 4.78 is 10.9. The molecule has 18 heavy (non-hydrogen) atoms. The van der Waals surface area contributed by atoms with E-state index in [-0.39, 0.29) is 0 Å². The molecule has 0 spiro atoms. The normalized spacial score (nSPS) is 23.7. The lowest BCUT2D eigenvalue weighted by Crippen LogP contribution is -2.20. The lowest BCUT2D eigenvalue weighted by atomic mass is 9.83. The number of aromatic nitrogens is 2. The van der Waals surface area contributed by atoms with Gasteiger partial charge in [0.05, 0.1) is 13.7 Å². The summed E-state index contributed by atoms with van der Waals surface area (Å²) in [5.41, 5.74) is 5.71. The van der Waals surface area contributed by atoms with Crippen LogP contribution in [0.15, 0.2) is 6.33 Å². The topological polar surface area (TPSA) is 70.3 Å². The summed E-state index contributed by atoms with van der Waals surface area (Å²) in [5.74, 6) is 2.60. The van der Waals surface area contributed by atoms with E-state index in [1.54, 1.807) is 7.11 Å². The second-order valence-electron chi connectivity index (χ2n) is 5.05. The van der Waals surface area contributed by atoms with Crippen molar-refractivity contribution in [3.05, 3.63) is 6.33 Å². The third-order valence-electron chi connectivity index (χ3n) is 3.50. The molecule has 0 aromatic carbocycles. The van der Waals surface area contributed by atoms with Crippen molar-refractivity contribution in [2.24, 2.45) is 11.8 Å². The zero-order valence-electron chi connectivity index (χ0n) is 11.1. The highest BCUT2D eigenvalue weighted by molar-refractivity contribution is 5.51. The van der Waals surface area contributed by atoms with Crippen molar-refractivity contribution in [1.82, 2.24) is 9.97 Å². The van der Waals surface area contributed by atoms with Gasteiger partial charge in [-0.25, -0.2) is 4.98 Å². The van der Waals surface area contributed by atoms with Crippen molar-refractivity contribution < 1.29 is 9.47 Å². The SMILES string of the molecule is COc1c(N)ncnc1OCC1CCCC(C)C1. The predicted octanol–water partition coefficient (Wildman–Crippen LogP) is 2.27. The van der Waals surface area contributed by atoms with Gasteiger partial charge in [0.2, 0.25) is 5.75 Å². The molecule has 1 aromatic rings. The fraction of sp³-hybridized carbons (Fsp3) is 0.692. The largest absolute Gasteiger partial charge is 0.489 e. The van der Waals surface area contributed by atoms with E-state index in [2.05, 4.69) is 16.9 Å². The minimum atomic E-state index is 0.319. The first-order valence-electron chi connectivity index (χ1n) is 6.48. The van der Waals surface area contributed by atoms with Crippen molar-refractivity contribution >= 4 is 5.82 Å². The summed E-state index contributed by atoms with van der Waals surface area (Å²) >= 11 is 0.